The highest BCUT2D eigenvalue weighted by molar-refractivity contribution is 5.81. The second-order valence-corrected chi connectivity index (χ2v) is 5.90. The Morgan fingerprint density at radius 3 is 2.96 bits per heavy atom. The van der Waals surface area contributed by atoms with E-state index in [1.54, 1.807) is 6.20 Å². The van der Waals surface area contributed by atoms with Crippen molar-refractivity contribution in [2.24, 2.45) is 5.92 Å². The van der Waals surface area contributed by atoms with Crippen molar-refractivity contribution in [1.82, 2.24) is 15.2 Å². The molecule has 1 N–H and O–H groups in total. The summed E-state index contributed by atoms with van der Waals surface area (Å²) in [7, 11) is 2.08. The second kappa shape index (κ2) is 8.62. The maximum Gasteiger partial charge on any atom is 0.306 e. The third-order valence-electron chi connectivity index (χ3n) is 4.19. The molecule has 2 unspecified atom stereocenters. The normalized spacial score (nSPS) is 21.1. The quantitative estimate of drug-likeness (QED) is 0.772. The van der Waals surface area contributed by atoms with Gasteiger partial charge in [-0.2, -0.15) is 0 Å². The lowest BCUT2D eigenvalue weighted by Crippen LogP contribution is -2.25. The van der Waals surface area contributed by atoms with Gasteiger partial charge in [-0.25, -0.2) is 0 Å². The molecule has 0 radical (unpaired) electrons. The fourth-order valence-electron chi connectivity index (χ4n) is 3.05. The van der Waals surface area contributed by atoms with E-state index in [0.717, 1.165) is 18.5 Å². The van der Waals surface area contributed by atoms with Gasteiger partial charge < -0.3 is 10.1 Å². The Kier molecular flexibility index (Phi) is 6.52. The number of carbonyl (C=O) groups excluding carboxylic acids is 2. The Hall–Kier alpha value is -1.95. The maximum absolute atomic E-state index is 11.8. The maximum atomic E-state index is 11.8. The van der Waals surface area contributed by atoms with Crippen molar-refractivity contribution < 1.29 is 14.3 Å². The molecule has 126 valence electrons. The smallest absolute Gasteiger partial charge is 0.306 e. The van der Waals surface area contributed by atoms with E-state index in [4.69, 9.17) is 4.74 Å². The first-order valence-electron chi connectivity index (χ1n) is 8.14. The van der Waals surface area contributed by atoms with Crippen LogP contribution in [0.2, 0.25) is 0 Å². The number of nitrogens with zero attached hydrogens (tertiary/aromatic N) is 2. The van der Waals surface area contributed by atoms with Gasteiger partial charge in [-0.3, -0.25) is 19.5 Å². The van der Waals surface area contributed by atoms with Gasteiger partial charge in [0.1, 0.15) is 0 Å². The summed E-state index contributed by atoms with van der Waals surface area (Å²) in [4.78, 5) is 29.6. The zero-order valence-electron chi connectivity index (χ0n) is 13.8. The average Bonchev–Trinajstić information content (AvgIpc) is 2.93. The predicted octanol–water partition coefficient (Wildman–Crippen LogP) is 1.53. The molecule has 1 aromatic heterocycles. The van der Waals surface area contributed by atoms with Crippen molar-refractivity contribution in [3.8, 4) is 0 Å². The molecular formula is C17H25N3O3. The van der Waals surface area contributed by atoms with Crippen LogP contribution in [0.4, 0.5) is 0 Å². The molecular weight excluding hydrogens is 294 g/mol. The zero-order chi connectivity index (χ0) is 16.7. The van der Waals surface area contributed by atoms with Gasteiger partial charge >= 0.3 is 5.97 Å². The Morgan fingerprint density at radius 2 is 2.26 bits per heavy atom. The number of amides is 1. The van der Waals surface area contributed by atoms with Gasteiger partial charge in [-0.05, 0) is 38.6 Å². The molecule has 2 atom stereocenters. The molecule has 2 heterocycles. The number of hydrogen-bond acceptors (Lipinski definition) is 5. The van der Waals surface area contributed by atoms with E-state index in [2.05, 4.69) is 28.3 Å². The lowest BCUT2D eigenvalue weighted by atomic mass is 9.96. The average molecular weight is 319 g/mol. The number of nitrogens with one attached hydrogen (secondary N) is 1. The number of hydrogen-bond donors (Lipinski definition) is 1. The minimum absolute atomic E-state index is 0.113. The van der Waals surface area contributed by atoms with Gasteiger partial charge in [-0.1, -0.05) is 6.07 Å². The summed E-state index contributed by atoms with van der Waals surface area (Å²) >= 11 is 0. The van der Waals surface area contributed by atoms with Crippen LogP contribution in [-0.2, 0) is 14.3 Å². The molecule has 1 aliphatic rings. The van der Waals surface area contributed by atoms with E-state index < -0.39 is 0 Å². The lowest BCUT2D eigenvalue weighted by Gasteiger charge is -2.25. The van der Waals surface area contributed by atoms with Crippen molar-refractivity contribution in [2.75, 3.05) is 26.7 Å². The number of esters is 1. The third-order valence-corrected chi connectivity index (χ3v) is 4.19. The molecule has 0 spiro atoms. The summed E-state index contributed by atoms with van der Waals surface area (Å²) in [5, 5.41) is 2.67. The Morgan fingerprint density at radius 1 is 1.43 bits per heavy atom. The Balaban J connectivity index is 1.82. The summed E-state index contributed by atoms with van der Waals surface area (Å²) in [6.45, 7) is 3.79. The van der Waals surface area contributed by atoms with Crippen LogP contribution in [0.25, 0.3) is 0 Å². The highest BCUT2D eigenvalue weighted by Crippen LogP contribution is 2.35. The van der Waals surface area contributed by atoms with E-state index in [9.17, 15) is 9.59 Å². The van der Waals surface area contributed by atoms with E-state index in [0.29, 0.717) is 13.2 Å². The van der Waals surface area contributed by atoms with Crippen LogP contribution in [0.1, 0.15) is 37.8 Å². The minimum Gasteiger partial charge on any atom is -0.465 e. The molecule has 0 bridgehead atoms. The third kappa shape index (κ3) is 5.03. The van der Waals surface area contributed by atoms with Crippen LogP contribution < -0.4 is 5.32 Å². The van der Waals surface area contributed by atoms with Crippen molar-refractivity contribution in [3.63, 3.8) is 0 Å². The summed E-state index contributed by atoms with van der Waals surface area (Å²) in [6, 6.07) is 4.21. The minimum atomic E-state index is -0.309. The predicted molar refractivity (Wildman–Crippen MR) is 86.6 cm³/mol. The van der Waals surface area contributed by atoms with E-state index >= 15 is 0 Å². The van der Waals surface area contributed by atoms with Crippen molar-refractivity contribution in [3.05, 3.63) is 30.1 Å². The molecule has 0 aromatic carbocycles. The van der Waals surface area contributed by atoms with E-state index in [1.165, 1.54) is 0 Å². The number of likely N-dealkylation sites (tertiary alicyclic amines) is 1. The largest absolute Gasteiger partial charge is 0.465 e. The van der Waals surface area contributed by atoms with Crippen LogP contribution in [0, 0.1) is 5.92 Å². The standard InChI is InChI=1S/C17H25N3O3/c1-3-19-15(21)6-7-16(22)23-12-14-8-10-20(2)17(14)13-5-4-9-18-11-13/h4-5,9,11,14,17H,3,6-8,10,12H2,1-2H3,(H,19,21). The van der Waals surface area contributed by atoms with Crippen LogP contribution in [0.15, 0.2) is 24.5 Å². The lowest BCUT2D eigenvalue weighted by molar-refractivity contribution is -0.146. The summed E-state index contributed by atoms with van der Waals surface area (Å²) in [5.74, 6) is -0.161. The molecule has 0 saturated carbocycles. The molecule has 23 heavy (non-hydrogen) atoms. The SMILES string of the molecule is CCNC(=O)CCC(=O)OCC1CCN(C)C1c1cccnc1. The van der Waals surface area contributed by atoms with E-state index in [-0.39, 0.29) is 36.7 Å². The van der Waals surface area contributed by atoms with Crippen LogP contribution >= 0.6 is 0 Å². The number of aromatic nitrogens is 1. The van der Waals surface area contributed by atoms with Crippen molar-refractivity contribution in [1.29, 1.82) is 0 Å². The molecule has 1 saturated heterocycles. The number of rotatable bonds is 7. The highest BCUT2D eigenvalue weighted by Gasteiger charge is 2.33. The molecule has 6 heteroatoms. The second-order valence-electron chi connectivity index (χ2n) is 5.90. The Bertz CT molecular complexity index is 521. The zero-order valence-corrected chi connectivity index (χ0v) is 13.8. The first kappa shape index (κ1) is 17.4. The number of carbonyl (C=O) groups is 2. The summed E-state index contributed by atoms with van der Waals surface area (Å²) in [6.07, 6.45) is 4.93. The number of ether oxygens (including phenoxy) is 1. The van der Waals surface area contributed by atoms with E-state index in [1.807, 2.05) is 19.2 Å². The Labute approximate surface area is 137 Å². The molecule has 1 fully saturated rings. The first-order chi connectivity index (χ1) is 11.1. The van der Waals surface area contributed by atoms with Gasteiger partial charge in [0.15, 0.2) is 0 Å². The van der Waals surface area contributed by atoms with Gasteiger partial charge in [0.05, 0.1) is 13.0 Å². The molecule has 1 aliphatic heterocycles. The van der Waals surface area contributed by atoms with Gasteiger partial charge in [-0.15, -0.1) is 0 Å². The summed E-state index contributed by atoms with van der Waals surface area (Å²) in [5.41, 5.74) is 1.15. The van der Waals surface area contributed by atoms with Crippen LogP contribution in [-0.4, -0.2) is 48.5 Å². The fraction of sp³-hybridized carbons (Fsp3) is 0.588. The van der Waals surface area contributed by atoms with Crippen LogP contribution in [0.5, 0.6) is 0 Å². The monoisotopic (exact) mass is 319 g/mol. The molecule has 0 aliphatic carbocycles. The highest BCUT2D eigenvalue weighted by atomic mass is 16.5. The van der Waals surface area contributed by atoms with Gasteiger partial charge in [0.2, 0.25) is 5.91 Å². The van der Waals surface area contributed by atoms with Gasteiger partial charge in [0.25, 0.3) is 0 Å². The van der Waals surface area contributed by atoms with Crippen molar-refractivity contribution in [2.45, 2.75) is 32.2 Å². The number of pyridine rings is 1. The molecule has 1 aromatic rings. The molecule has 6 nitrogen and oxygen atoms in total. The summed E-state index contributed by atoms with van der Waals surface area (Å²) < 4.78 is 5.39. The van der Waals surface area contributed by atoms with Gasteiger partial charge in [0, 0.05) is 37.3 Å². The topological polar surface area (TPSA) is 71.5 Å². The first-order valence-corrected chi connectivity index (χ1v) is 8.14. The van der Waals surface area contributed by atoms with Crippen molar-refractivity contribution >= 4 is 11.9 Å². The molecule has 2 rings (SSSR count). The molecule has 1 amide bonds. The van der Waals surface area contributed by atoms with Crippen LogP contribution in [0.3, 0.4) is 0 Å². The fourth-order valence-corrected chi connectivity index (χ4v) is 3.05.